The molecule has 0 aliphatic carbocycles. The monoisotopic (exact) mass is 339 g/mol. The minimum atomic E-state index is -3.08. The SMILES string of the molecule is CS(=O)(=O)N1CCC(Nc2nnc(-c3ccccn3)s2)CC1. The molecule has 0 atom stereocenters. The summed E-state index contributed by atoms with van der Waals surface area (Å²) in [5.41, 5.74) is 0.806. The number of nitrogens with zero attached hydrogens (tertiary/aromatic N) is 4. The van der Waals surface area contributed by atoms with Crippen LogP contribution in [-0.4, -0.2) is 53.3 Å². The van der Waals surface area contributed by atoms with E-state index in [2.05, 4.69) is 20.5 Å². The Morgan fingerprint density at radius 3 is 2.68 bits per heavy atom. The normalized spacial score (nSPS) is 17.5. The molecule has 3 rings (SSSR count). The summed E-state index contributed by atoms with van der Waals surface area (Å²) in [6, 6.07) is 5.90. The third-order valence-electron chi connectivity index (χ3n) is 3.56. The number of piperidine rings is 1. The Labute approximate surface area is 133 Å². The number of aromatic nitrogens is 3. The van der Waals surface area contributed by atoms with E-state index in [0.29, 0.717) is 13.1 Å². The van der Waals surface area contributed by atoms with Crippen molar-refractivity contribution in [2.45, 2.75) is 18.9 Å². The highest BCUT2D eigenvalue weighted by atomic mass is 32.2. The molecule has 0 unspecified atom stereocenters. The Kier molecular flexibility index (Phi) is 4.37. The van der Waals surface area contributed by atoms with Gasteiger partial charge in [0.15, 0.2) is 5.01 Å². The van der Waals surface area contributed by atoms with Gasteiger partial charge in [0.1, 0.15) is 5.69 Å². The van der Waals surface area contributed by atoms with E-state index in [9.17, 15) is 8.42 Å². The van der Waals surface area contributed by atoms with Gasteiger partial charge in [-0.3, -0.25) is 4.98 Å². The molecule has 1 N–H and O–H groups in total. The van der Waals surface area contributed by atoms with Gasteiger partial charge in [0.05, 0.1) is 6.26 Å². The fourth-order valence-electron chi connectivity index (χ4n) is 2.38. The van der Waals surface area contributed by atoms with Gasteiger partial charge in [-0.2, -0.15) is 0 Å². The lowest BCUT2D eigenvalue weighted by Crippen LogP contribution is -2.41. The van der Waals surface area contributed by atoms with Crippen molar-refractivity contribution in [1.82, 2.24) is 19.5 Å². The fourth-order valence-corrected chi connectivity index (χ4v) is 4.05. The second kappa shape index (κ2) is 6.27. The first-order valence-corrected chi connectivity index (χ1v) is 9.65. The number of anilines is 1. The van der Waals surface area contributed by atoms with Crippen LogP contribution in [0.4, 0.5) is 5.13 Å². The maximum absolute atomic E-state index is 11.5. The molecule has 0 spiro atoms. The van der Waals surface area contributed by atoms with Gasteiger partial charge in [-0.25, -0.2) is 12.7 Å². The lowest BCUT2D eigenvalue weighted by molar-refractivity contribution is 0.332. The van der Waals surface area contributed by atoms with Gasteiger partial charge < -0.3 is 5.32 Å². The zero-order chi connectivity index (χ0) is 15.6. The van der Waals surface area contributed by atoms with Crippen molar-refractivity contribution >= 4 is 26.5 Å². The Bertz CT molecular complexity index is 724. The Morgan fingerprint density at radius 2 is 2.05 bits per heavy atom. The average Bonchev–Trinajstić information content (AvgIpc) is 2.96. The van der Waals surface area contributed by atoms with Crippen LogP contribution in [0.2, 0.25) is 0 Å². The Morgan fingerprint density at radius 1 is 1.27 bits per heavy atom. The highest BCUT2D eigenvalue weighted by molar-refractivity contribution is 7.88. The molecule has 0 bridgehead atoms. The molecule has 1 fully saturated rings. The zero-order valence-corrected chi connectivity index (χ0v) is 13.8. The maximum Gasteiger partial charge on any atom is 0.211 e. The van der Waals surface area contributed by atoms with Crippen LogP contribution in [0.25, 0.3) is 10.7 Å². The van der Waals surface area contributed by atoms with Crippen LogP contribution in [0.5, 0.6) is 0 Å². The molecule has 7 nitrogen and oxygen atoms in total. The summed E-state index contributed by atoms with van der Waals surface area (Å²) in [4.78, 5) is 4.25. The van der Waals surface area contributed by atoms with Crippen molar-refractivity contribution in [3.8, 4) is 10.7 Å². The summed E-state index contributed by atoms with van der Waals surface area (Å²) in [5.74, 6) is 0. The lowest BCUT2D eigenvalue weighted by Gasteiger charge is -2.30. The maximum atomic E-state index is 11.5. The molecule has 3 heterocycles. The van der Waals surface area contributed by atoms with Gasteiger partial charge in [0, 0.05) is 25.3 Å². The molecule has 2 aromatic rings. The van der Waals surface area contributed by atoms with Gasteiger partial charge in [-0.1, -0.05) is 17.4 Å². The van der Waals surface area contributed by atoms with E-state index in [4.69, 9.17) is 0 Å². The van der Waals surface area contributed by atoms with Crippen LogP contribution in [0.15, 0.2) is 24.4 Å². The summed E-state index contributed by atoms with van der Waals surface area (Å²) < 4.78 is 24.5. The van der Waals surface area contributed by atoms with Crippen LogP contribution < -0.4 is 5.32 Å². The summed E-state index contributed by atoms with van der Waals surface area (Å²) in [6.45, 7) is 1.09. The van der Waals surface area contributed by atoms with Crippen molar-refractivity contribution in [2.75, 3.05) is 24.7 Å². The standard InChI is InChI=1S/C13H17N5O2S2/c1-22(19,20)18-8-5-10(6-9-18)15-13-17-16-12(21-13)11-4-2-3-7-14-11/h2-4,7,10H,5-6,8-9H2,1H3,(H,15,17). The van der Waals surface area contributed by atoms with Gasteiger partial charge in [-0.05, 0) is 25.0 Å². The van der Waals surface area contributed by atoms with Crippen LogP contribution >= 0.6 is 11.3 Å². The molecular weight excluding hydrogens is 322 g/mol. The van der Waals surface area contributed by atoms with Crippen molar-refractivity contribution < 1.29 is 8.42 Å². The molecule has 2 aromatic heterocycles. The second-order valence-corrected chi connectivity index (χ2v) is 8.17. The number of hydrogen-bond acceptors (Lipinski definition) is 7. The first kappa shape index (κ1) is 15.3. The zero-order valence-electron chi connectivity index (χ0n) is 12.1. The molecule has 22 heavy (non-hydrogen) atoms. The topological polar surface area (TPSA) is 88.1 Å². The van der Waals surface area contributed by atoms with Gasteiger partial charge in [-0.15, -0.1) is 10.2 Å². The largest absolute Gasteiger partial charge is 0.357 e. The van der Waals surface area contributed by atoms with E-state index in [-0.39, 0.29) is 6.04 Å². The van der Waals surface area contributed by atoms with Crippen LogP contribution in [0.1, 0.15) is 12.8 Å². The highest BCUT2D eigenvalue weighted by Crippen LogP contribution is 2.26. The fraction of sp³-hybridized carbons (Fsp3) is 0.462. The first-order chi connectivity index (χ1) is 10.5. The smallest absolute Gasteiger partial charge is 0.211 e. The summed E-state index contributed by atoms with van der Waals surface area (Å²) in [5, 5.41) is 13.1. The molecule has 1 aliphatic rings. The molecule has 9 heteroatoms. The van der Waals surface area contributed by atoms with E-state index >= 15 is 0 Å². The van der Waals surface area contributed by atoms with E-state index < -0.39 is 10.0 Å². The van der Waals surface area contributed by atoms with Crippen LogP contribution in [0, 0.1) is 0 Å². The third-order valence-corrected chi connectivity index (χ3v) is 5.74. The van der Waals surface area contributed by atoms with Crippen LogP contribution in [-0.2, 0) is 10.0 Å². The van der Waals surface area contributed by atoms with E-state index in [1.165, 1.54) is 21.9 Å². The molecule has 118 valence electrons. The number of pyridine rings is 1. The van der Waals surface area contributed by atoms with Gasteiger partial charge in [0.25, 0.3) is 0 Å². The van der Waals surface area contributed by atoms with Crippen molar-refractivity contribution in [3.63, 3.8) is 0 Å². The number of nitrogens with one attached hydrogen (secondary N) is 1. The van der Waals surface area contributed by atoms with Crippen LogP contribution in [0.3, 0.4) is 0 Å². The first-order valence-electron chi connectivity index (χ1n) is 6.99. The Balaban J connectivity index is 1.60. The molecule has 0 saturated carbocycles. The lowest BCUT2D eigenvalue weighted by atomic mass is 10.1. The number of sulfonamides is 1. The minimum absolute atomic E-state index is 0.225. The molecular formula is C13H17N5O2S2. The quantitative estimate of drug-likeness (QED) is 0.907. The van der Waals surface area contributed by atoms with E-state index in [1.54, 1.807) is 6.20 Å². The van der Waals surface area contributed by atoms with Crippen molar-refractivity contribution in [3.05, 3.63) is 24.4 Å². The van der Waals surface area contributed by atoms with E-state index in [0.717, 1.165) is 28.7 Å². The minimum Gasteiger partial charge on any atom is -0.357 e. The molecule has 0 amide bonds. The second-order valence-electron chi connectivity index (χ2n) is 5.21. The molecule has 1 aliphatic heterocycles. The number of rotatable bonds is 4. The van der Waals surface area contributed by atoms with Gasteiger partial charge >= 0.3 is 0 Å². The summed E-state index contributed by atoms with van der Waals surface area (Å²) in [7, 11) is -3.08. The predicted molar refractivity (Wildman–Crippen MR) is 86.2 cm³/mol. The van der Waals surface area contributed by atoms with Gasteiger partial charge in [0.2, 0.25) is 15.2 Å². The highest BCUT2D eigenvalue weighted by Gasteiger charge is 2.25. The van der Waals surface area contributed by atoms with Crippen molar-refractivity contribution in [1.29, 1.82) is 0 Å². The van der Waals surface area contributed by atoms with Crippen molar-refractivity contribution in [2.24, 2.45) is 0 Å². The molecule has 1 saturated heterocycles. The predicted octanol–water partition coefficient (Wildman–Crippen LogP) is 1.44. The summed E-state index contributed by atoms with van der Waals surface area (Å²) >= 11 is 1.46. The third kappa shape index (κ3) is 3.60. The molecule has 0 aromatic carbocycles. The number of hydrogen-bond donors (Lipinski definition) is 1. The average molecular weight is 339 g/mol. The summed E-state index contributed by atoms with van der Waals surface area (Å²) in [6.07, 6.45) is 4.52. The Hall–Kier alpha value is -1.58. The van der Waals surface area contributed by atoms with E-state index in [1.807, 2.05) is 18.2 Å². The molecule has 0 radical (unpaired) electrons.